The van der Waals surface area contributed by atoms with Crippen molar-refractivity contribution >= 4 is 5.91 Å². The van der Waals surface area contributed by atoms with E-state index in [-0.39, 0.29) is 12.5 Å². The highest BCUT2D eigenvalue weighted by Gasteiger charge is 1.97. The number of carbonyl (C=O) groups is 1. The Kier molecular flexibility index (Phi) is 9.95. The van der Waals surface area contributed by atoms with Crippen LogP contribution < -0.4 is 5.32 Å². The van der Waals surface area contributed by atoms with E-state index in [1.807, 2.05) is 0 Å². The van der Waals surface area contributed by atoms with Gasteiger partial charge in [-0.05, 0) is 6.42 Å². The lowest BCUT2D eigenvalue weighted by molar-refractivity contribution is -0.124. The standard InChI is InChI=1S/C9H19NO4/c1-12-6-7-14-5-3-4-10-9(11)8-13-2/h3-8H2,1-2H3,(H,10,11). The van der Waals surface area contributed by atoms with E-state index in [0.717, 1.165) is 6.42 Å². The van der Waals surface area contributed by atoms with Crippen LogP contribution in [-0.2, 0) is 19.0 Å². The average molecular weight is 205 g/mol. The van der Waals surface area contributed by atoms with Crippen molar-refractivity contribution < 1.29 is 19.0 Å². The van der Waals surface area contributed by atoms with E-state index in [9.17, 15) is 4.79 Å². The van der Waals surface area contributed by atoms with Gasteiger partial charge in [0.2, 0.25) is 5.91 Å². The first-order valence-corrected chi connectivity index (χ1v) is 4.63. The molecule has 0 spiro atoms. The Hall–Kier alpha value is -0.650. The smallest absolute Gasteiger partial charge is 0.245 e. The molecule has 0 aliphatic rings. The minimum absolute atomic E-state index is 0.0932. The summed E-state index contributed by atoms with van der Waals surface area (Å²) in [4.78, 5) is 10.9. The fraction of sp³-hybridized carbons (Fsp3) is 0.889. The lowest BCUT2D eigenvalue weighted by Crippen LogP contribution is -2.28. The van der Waals surface area contributed by atoms with Crippen molar-refractivity contribution in [3.8, 4) is 0 Å². The van der Waals surface area contributed by atoms with Crippen LogP contribution in [0.15, 0.2) is 0 Å². The van der Waals surface area contributed by atoms with Gasteiger partial charge in [0.15, 0.2) is 0 Å². The van der Waals surface area contributed by atoms with Gasteiger partial charge in [-0.2, -0.15) is 0 Å². The van der Waals surface area contributed by atoms with Gasteiger partial charge in [-0.3, -0.25) is 4.79 Å². The summed E-state index contributed by atoms with van der Waals surface area (Å²) in [6.07, 6.45) is 0.805. The van der Waals surface area contributed by atoms with Gasteiger partial charge in [0.1, 0.15) is 6.61 Å². The number of rotatable bonds is 9. The third-order valence-electron chi connectivity index (χ3n) is 1.49. The van der Waals surface area contributed by atoms with E-state index in [1.165, 1.54) is 7.11 Å². The summed E-state index contributed by atoms with van der Waals surface area (Å²) in [7, 11) is 3.13. The highest BCUT2D eigenvalue weighted by molar-refractivity contribution is 5.77. The van der Waals surface area contributed by atoms with Crippen molar-refractivity contribution in [3.63, 3.8) is 0 Å². The van der Waals surface area contributed by atoms with Gasteiger partial charge in [-0.25, -0.2) is 0 Å². The molecule has 1 amide bonds. The summed E-state index contributed by atoms with van der Waals surface area (Å²) in [5.41, 5.74) is 0. The zero-order chi connectivity index (χ0) is 10.6. The van der Waals surface area contributed by atoms with Crippen molar-refractivity contribution in [2.24, 2.45) is 0 Å². The first-order valence-electron chi connectivity index (χ1n) is 4.63. The summed E-state index contributed by atoms with van der Waals surface area (Å²) in [5, 5.41) is 2.70. The Balaban J connectivity index is 3.01. The second-order valence-corrected chi connectivity index (χ2v) is 2.74. The van der Waals surface area contributed by atoms with Crippen LogP contribution in [0.4, 0.5) is 0 Å². The van der Waals surface area contributed by atoms with E-state index in [1.54, 1.807) is 7.11 Å². The maximum atomic E-state index is 10.9. The number of methoxy groups -OCH3 is 2. The van der Waals surface area contributed by atoms with Crippen LogP contribution in [0.25, 0.3) is 0 Å². The first kappa shape index (κ1) is 13.4. The topological polar surface area (TPSA) is 56.8 Å². The molecule has 0 aliphatic carbocycles. The summed E-state index contributed by atoms with van der Waals surface area (Å²) in [6, 6.07) is 0. The van der Waals surface area contributed by atoms with Gasteiger partial charge >= 0.3 is 0 Å². The van der Waals surface area contributed by atoms with E-state index >= 15 is 0 Å². The van der Waals surface area contributed by atoms with Crippen LogP contribution in [0.1, 0.15) is 6.42 Å². The lowest BCUT2D eigenvalue weighted by atomic mass is 10.4. The van der Waals surface area contributed by atoms with Gasteiger partial charge in [0.05, 0.1) is 13.2 Å². The van der Waals surface area contributed by atoms with Crippen LogP contribution >= 0.6 is 0 Å². The SMILES string of the molecule is COCCOCCCNC(=O)COC. The molecule has 0 saturated carbocycles. The number of ether oxygens (including phenoxy) is 3. The predicted molar refractivity (Wildman–Crippen MR) is 52.2 cm³/mol. The van der Waals surface area contributed by atoms with Gasteiger partial charge in [-0.1, -0.05) is 0 Å². The molecule has 5 nitrogen and oxygen atoms in total. The zero-order valence-electron chi connectivity index (χ0n) is 8.88. The fourth-order valence-electron chi connectivity index (χ4n) is 0.828. The van der Waals surface area contributed by atoms with Crippen LogP contribution in [0.5, 0.6) is 0 Å². The van der Waals surface area contributed by atoms with Crippen molar-refractivity contribution in [1.82, 2.24) is 5.32 Å². The highest BCUT2D eigenvalue weighted by atomic mass is 16.5. The molecule has 0 aromatic rings. The van der Waals surface area contributed by atoms with E-state index in [2.05, 4.69) is 10.1 Å². The molecule has 0 rings (SSSR count). The number of carbonyl (C=O) groups excluding carboxylic acids is 1. The second-order valence-electron chi connectivity index (χ2n) is 2.74. The molecule has 0 aromatic carbocycles. The second kappa shape index (κ2) is 10.4. The summed E-state index contributed by atoms with van der Waals surface area (Å²) in [5.74, 6) is -0.0932. The Morgan fingerprint density at radius 1 is 1.14 bits per heavy atom. The van der Waals surface area contributed by atoms with E-state index in [4.69, 9.17) is 9.47 Å². The number of nitrogens with one attached hydrogen (secondary N) is 1. The summed E-state index contributed by atoms with van der Waals surface area (Å²) >= 11 is 0. The summed E-state index contributed by atoms with van der Waals surface area (Å²) in [6.45, 7) is 2.58. The third-order valence-corrected chi connectivity index (χ3v) is 1.49. The minimum atomic E-state index is -0.0932. The quantitative estimate of drug-likeness (QED) is 0.530. The molecule has 0 saturated heterocycles. The average Bonchev–Trinajstić information content (AvgIpc) is 2.17. The Morgan fingerprint density at radius 3 is 2.57 bits per heavy atom. The maximum absolute atomic E-state index is 10.9. The molecule has 1 N–H and O–H groups in total. The van der Waals surface area contributed by atoms with Crippen LogP contribution in [-0.4, -0.2) is 53.1 Å². The molecule has 5 heteroatoms. The Labute approximate surface area is 84.7 Å². The lowest BCUT2D eigenvalue weighted by Gasteiger charge is -2.05. The van der Waals surface area contributed by atoms with Crippen LogP contribution in [0.2, 0.25) is 0 Å². The van der Waals surface area contributed by atoms with Gasteiger partial charge in [0.25, 0.3) is 0 Å². The number of amides is 1. The van der Waals surface area contributed by atoms with E-state index < -0.39 is 0 Å². The molecule has 0 heterocycles. The Morgan fingerprint density at radius 2 is 1.93 bits per heavy atom. The number of hydrogen-bond donors (Lipinski definition) is 1. The van der Waals surface area contributed by atoms with Crippen molar-refractivity contribution in [1.29, 1.82) is 0 Å². The Bertz CT molecular complexity index is 141. The molecular formula is C9H19NO4. The van der Waals surface area contributed by atoms with Gasteiger partial charge < -0.3 is 19.5 Å². The molecule has 0 radical (unpaired) electrons. The molecule has 0 fully saturated rings. The molecule has 84 valence electrons. The monoisotopic (exact) mass is 205 g/mol. The maximum Gasteiger partial charge on any atom is 0.245 e. The van der Waals surface area contributed by atoms with Gasteiger partial charge in [-0.15, -0.1) is 0 Å². The zero-order valence-corrected chi connectivity index (χ0v) is 8.88. The third kappa shape index (κ3) is 9.44. The van der Waals surface area contributed by atoms with E-state index in [0.29, 0.717) is 26.4 Å². The summed E-state index contributed by atoms with van der Waals surface area (Å²) < 4.78 is 14.7. The molecule has 0 aliphatic heterocycles. The van der Waals surface area contributed by atoms with Gasteiger partial charge in [0, 0.05) is 27.4 Å². The largest absolute Gasteiger partial charge is 0.382 e. The minimum Gasteiger partial charge on any atom is -0.382 e. The van der Waals surface area contributed by atoms with Crippen molar-refractivity contribution in [2.75, 3.05) is 47.2 Å². The first-order chi connectivity index (χ1) is 6.81. The molecule has 0 atom stereocenters. The molecule has 14 heavy (non-hydrogen) atoms. The molecule has 0 bridgehead atoms. The molecular weight excluding hydrogens is 186 g/mol. The number of hydrogen-bond acceptors (Lipinski definition) is 4. The van der Waals surface area contributed by atoms with Crippen molar-refractivity contribution in [2.45, 2.75) is 6.42 Å². The molecule has 0 unspecified atom stereocenters. The normalized spacial score (nSPS) is 10.1. The van der Waals surface area contributed by atoms with Crippen LogP contribution in [0, 0.1) is 0 Å². The van der Waals surface area contributed by atoms with Crippen LogP contribution in [0.3, 0.4) is 0 Å². The fourth-order valence-corrected chi connectivity index (χ4v) is 0.828. The highest BCUT2D eigenvalue weighted by Crippen LogP contribution is 1.81. The predicted octanol–water partition coefficient (Wildman–Crippen LogP) is -0.198. The molecule has 0 aromatic heterocycles. The van der Waals surface area contributed by atoms with Crippen molar-refractivity contribution in [3.05, 3.63) is 0 Å².